The molecule has 2 amide bonds. The molecule has 3 N–H and O–H groups in total. The third-order valence-corrected chi connectivity index (χ3v) is 6.52. The summed E-state index contributed by atoms with van der Waals surface area (Å²) in [5.74, 6) is 0.399. The Morgan fingerprint density at radius 3 is 2.79 bits per heavy atom. The van der Waals surface area contributed by atoms with Gasteiger partial charge in [0, 0.05) is 10.4 Å². The van der Waals surface area contributed by atoms with Gasteiger partial charge in [-0.15, -0.1) is 21.5 Å². The van der Waals surface area contributed by atoms with Crippen LogP contribution in [0.15, 0.2) is 33.9 Å². The quantitative estimate of drug-likeness (QED) is 0.553. The maximum atomic E-state index is 12.4. The number of rotatable bonds is 7. The molecule has 4 rings (SSSR count). The van der Waals surface area contributed by atoms with Crippen molar-refractivity contribution >= 4 is 39.9 Å². The zero-order valence-corrected chi connectivity index (χ0v) is 17.2. The molecule has 3 aromatic rings. The molecule has 0 saturated carbocycles. The highest BCUT2D eigenvalue weighted by Crippen LogP contribution is 2.39. The Morgan fingerprint density at radius 2 is 2.07 bits per heavy atom. The summed E-state index contributed by atoms with van der Waals surface area (Å²) in [5, 5.41) is 11.6. The molecule has 2 aromatic heterocycles. The van der Waals surface area contributed by atoms with Crippen molar-refractivity contribution in [1.82, 2.24) is 10.2 Å². The van der Waals surface area contributed by atoms with Gasteiger partial charge >= 0.3 is 0 Å². The number of hydrogen-bond acceptors (Lipinski definition) is 8. The maximum Gasteiger partial charge on any atom is 0.277 e. The van der Waals surface area contributed by atoms with E-state index in [9.17, 15) is 9.59 Å². The van der Waals surface area contributed by atoms with E-state index in [2.05, 4.69) is 15.5 Å². The Labute approximate surface area is 174 Å². The number of amides is 2. The summed E-state index contributed by atoms with van der Waals surface area (Å²) >= 11 is 2.55. The second-order valence-electron chi connectivity index (χ2n) is 6.36. The number of primary amides is 1. The third kappa shape index (κ3) is 4.13. The second-order valence-corrected chi connectivity index (χ2v) is 8.40. The molecule has 150 valence electrons. The molecule has 0 aliphatic heterocycles. The Morgan fingerprint density at radius 1 is 1.28 bits per heavy atom. The minimum atomic E-state index is -0.506. The first-order valence-electron chi connectivity index (χ1n) is 8.90. The van der Waals surface area contributed by atoms with Crippen LogP contribution in [0.2, 0.25) is 0 Å². The molecule has 29 heavy (non-hydrogen) atoms. The van der Waals surface area contributed by atoms with E-state index in [1.165, 1.54) is 11.3 Å². The number of hydrogen-bond donors (Lipinski definition) is 2. The Bertz CT molecular complexity index is 1060. The van der Waals surface area contributed by atoms with Crippen molar-refractivity contribution < 1.29 is 18.7 Å². The van der Waals surface area contributed by atoms with Crippen molar-refractivity contribution in [1.29, 1.82) is 0 Å². The normalized spacial score (nSPS) is 12.6. The summed E-state index contributed by atoms with van der Waals surface area (Å²) in [6.45, 7) is 0. The van der Waals surface area contributed by atoms with Gasteiger partial charge in [0.2, 0.25) is 11.8 Å². The van der Waals surface area contributed by atoms with Crippen LogP contribution in [-0.2, 0) is 17.6 Å². The highest BCUT2D eigenvalue weighted by molar-refractivity contribution is 7.99. The highest BCUT2D eigenvalue weighted by atomic mass is 32.2. The number of carbonyl (C=O) groups is 2. The van der Waals surface area contributed by atoms with Crippen LogP contribution in [0.5, 0.6) is 5.75 Å². The molecule has 0 atom stereocenters. The summed E-state index contributed by atoms with van der Waals surface area (Å²) in [6, 6.07) is 7.23. The third-order valence-electron chi connectivity index (χ3n) is 4.49. The number of aryl methyl sites for hydroxylation is 1. The van der Waals surface area contributed by atoms with E-state index in [1.807, 2.05) is 12.1 Å². The fourth-order valence-corrected chi connectivity index (χ4v) is 5.04. The van der Waals surface area contributed by atoms with Crippen molar-refractivity contribution in [2.24, 2.45) is 5.73 Å². The van der Waals surface area contributed by atoms with E-state index in [0.717, 1.165) is 52.8 Å². The van der Waals surface area contributed by atoms with Crippen LogP contribution in [0.3, 0.4) is 0 Å². The van der Waals surface area contributed by atoms with Gasteiger partial charge in [0.05, 0.1) is 18.4 Å². The molecule has 8 nitrogen and oxygen atoms in total. The van der Waals surface area contributed by atoms with Gasteiger partial charge in [-0.3, -0.25) is 9.59 Å². The molecule has 1 aliphatic carbocycles. The molecule has 0 saturated heterocycles. The molecule has 1 aliphatic rings. The molecule has 1 aromatic carbocycles. The molecule has 10 heteroatoms. The Hall–Kier alpha value is -2.85. The number of thioether (sulfide) groups is 1. The van der Waals surface area contributed by atoms with E-state index in [-0.39, 0.29) is 16.9 Å². The maximum absolute atomic E-state index is 12.4. The number of fused-ring (bicyclic) bond motifs is 1. The first-order chi connectivity index (χ1) is 14.0. The fourth-order valence-electron chi connectivity index (χ4n) is 3.16. The van der Waals surface area contributed by atoms with Gasteiger partial charge in [0.1, 0.15) is 10.8 Å². The van der Waals surface area contributed by atoms with Gasteiger partial charge in [0.25, 0.3) is 11.1 Å². The lowest BCUT2D eigenvalue weighted by Crippen LogP contribution is -2.18. The summed E-state index contributed by atoms with van der Waals surface area (Å²) in [5.41, 5.74) is 7.70. The van der Waals surface area contributed by atoms with Crippen LogP contribution < -0.4 is 15.8 Å². The smallest absolute Gasteiger partial charge is 0.277 e. The second kappa shape index (κ2) is 8.26. The van der Waals surface area contributed by atoms with Crippen LogP contribution in [0.4, 0.5) is 5.00 Å². The highest BCUT2D eigenvalue weighted by Gasteiger charge is 2.26. The monoisotopic (exact) mass is 430 g/mol. The van der Waals surface area contributed by atoms with E-state index < -0.39 is 5.91 Å². The van der Waals surface area contributed by atoms with Gasteiger partial charge in [0.15, 0.2) is 0 Å². The standard InChI is InChI=1S/C19H18N4O4S2/c1-26-11-7-5-10(6-8-11)17-22-23-19(27-17)28-9-14(24)21-18-15(16(20)25)12-3-2-4-13(12)29-18/h5-8H,2-4,9H2,1H3,(H2,20,25)(H,21,24). The van der Waals surface area contributed by atoms with E-state index in [0.29, 0.717) is 16.5 Å². The average molecular weight is 431 g/mol. The topological polar surface area (TPSA) is 120 Å². The minimum Gasteiger partial charge on any atom is -0.497 e. The number of methoxy groups -OCH3 is 1. The number of carbonyl (C=O) groups excluding carboxylic acids is 2. The first kappa shape index (κ1) is 19.5. The zero-order chi connectivity index (χ0) is 20.4. The number of nitrogens with one attached hydrogen (secondary N) is 1. The number of nitrogens with zero attached hydrogens (tertiary/aromatic N) is 2. The number of anilines is 1. The fraction of sp³-hybridized carbons (Fsp3) is 0.263. The van der Waals surface area contributed by atoms with Crippen LogP contribution in [0.1, 0.15) is 27.2 Å². The molecule has 2 heterocycles. The van der Waals surface area contributed by atoms with Crippen LogP contribution in [0.25, 0.3) is 11.5 Å². The van der Waals surface area contributed by atoms with Crippen LogP contribution >= 0.6 is 23.1 Å². The van der Waals surface area contributed by atoms with E-state index >= 15 is 0 Å². The van der Waals surface area contributed by atoms with Gasteiger partial charge in [-0.05, 0) is 49.1 Å². The number of thiophene rings is 1. The lowest BCUT2D eigenvalue weighted by atomic mass is 10.1. The number of aromatic nitrogens is 2. The van der Waals surface area contributed by atoms with Gasteiger partial charge in [-0.25, -0.2) is 0 Å². The number of ether oxygens (including phenoxy) is 1. The predicted octanol–water partition coefficient (Wildman–Crippen LogP) is 3.13. The molecule has 0 radical (unpaired) electrons. The largest absolute Gasteiger partial charge is 0.497 e. The summed E-state index contributed by atoms with van der Waals surface area (Å²) in [6.07, 6.45) is 2.76. The molecule has 0 fully saturated rings. The average Bonchev–Trinajstić information content (AvgIpc) is 3.42. The number of nitrogens with two attached hydrogens (primary N) is 1. The van der Waals surface area contributed by atoms with Gasteiger partial charge in [-0.1, -0.05) is 11.8 Å². The Balaban J connectivity index is 1.38. The van der Waals surface area contributed by atoms with E-state index in [1.54, 1.807) is 19.2 Å². The van der Waals surface area contributed by atoms with Crippen LogP contribution in [0, 0.1) is 0 Å². The molecular weight excluding hydrogens is 412 g/mol. The van der Waals surface area contributed by atoms with Crippen molar-refractivity contribution in [3.63, 3.8) is 0 Å². The van der Waals surface area contributed by atoms with Gasteiger partial charge in [-0.2, -0.15) is 0 Å². The molecule has 0 spiro atoms. The predicted molar refractivity (Wildman–Crippen MR) is 111 cm³/mol. The summed E-state index contributed by atoms with van der Waals surface area (Å²) in [4.78, 5) is 25.3. The van der Waals surface area contributed by atoms with Gasteiger partial charge < -0.3 is 20.2 Å². The van der Waals surface area contributed by atoms with E-state index in [4.69, 9.17) is 14.9 Å². The molecular formula is C19H18N4O4S2. The SMILES string of the molecule is COc1ccc(-c2nnc(SCC(=O)Nc3sc4c(c3C(N)=O)CCC4)o2)cc1. The zero-order valence-electron chi connectivity index (χ0n) is 15.6. The minimum absolute atomic E-state index is 0.0744. The lowest BCUT2D eigenvalue weighted by Gasteiger charge is -2.05. The van der Waals surface area contributed by atoms with Crippen molar-refractivity contribution in [3.05, 3.63) is 40.3 Å². The molecule has 0 unspecified atom stereocenters. The Kier molecular flexibility index (Phi) is 5.54. The van der Waals surface area contributed by atoms with Crippen molar-refractivity contribution in [2.45, 2.75) is 24.5 Å². The summed E-state index contributed by atoms with van der Waals surface area (Å²) < 4.78 is 10.7. The number of benzene rings is 1. The lowest BCUT2D eigenvalue weighted by molar-refractivity contribution is -0.113. The van der Waals surface area contributed by atoms with Crippen LogP contribution in [-0.4, -0.2) is 34.9 Å². The van der Waals surface area contributed by atoms with Crippen molar-refractivity contribution in [3.8, 4) is 17.2 Å². The first-order valence-corrected chi connectivity index (χ1v) is 10.7. The van der Waals surface area contributed by atoms with Crippen molar-refractivity contribution in [2.75, 3.05) is 18.2 Å². The molecule has 0 bridgehead atoms. The summed E-state index contributed by atoms with van der Waals surface area (Å²) in [7, 11) is 1.59.